The third-order valence-corrected chi connectivity index (χ3v) is 2.51. The van der Waals surface area contributed by atoms with Crippen molar-refractivity contribution in [2.45, 2.75) is 17.4 Å². The summed E-state index contributed by atoms with van der Waals surface area (Å²) in [5.74, 6) is 0. The van der Waals surface area contributed by atoms with Crippen LogP contribution in [0.25, 0.3) is 0 Å². The van der Waals surface area contributed by atoms with E-state index < -0.39 is 0 Å². The van der Waals surface area contributed by atoms with Crippen LogP contribution in [0.4, 0.5) is 0 Å². The molecular weight excluding hydrogens is 249 g/mol. The van der Waals surface area contributed by atoms with E-state index in [0.717, 1.165) is 4.43 Å². The molecule has 0 bridgehead atoms. The zero-order chi connectivity index (χ0) is 8.27. The summed E-state index contributed by atoms with van der Waals surface area (Å²) in [4.78, 5) is 0. The molecule has 0 fully saturated rings. The van der Waals surface area contributed by atoms with Gasteiger partial charge in [-0.3, -0.25) is 0 Å². The van der Waals surface area contributed by atoms with E-state index in [4.69, 9.17) is 5.73 Å². The van der Waals surface area contributed by atoms with E-state index >= 15 is 0 Å². The molecule has 1 atom stereocenters. The van der Waals surface area contributed by atoms with E-state index in [2.05, 4.69) is 40.8 Å². The van der Waals surface area contributed by atoms with Crippen molar-refractivity contribution in [2.75, 3.05) is 0 Å². The Morgan fingerprint density at radius 2 is 2.09 bits per heavy atom. The van der Waals surface area contributed by atoms with Gasteiger partial charge in [-0.2, -0.15) is 0 Å². The Hall–Kier alpha value is -0.0900. The second-order valence-corrected chi connectivity index (χ2v) is 3.38. The Labute approximate surface area is 81.1 Å². The molecule has 1 rings (SSSR count). The molecule has 60 valence electrons. The first-order valence-corrected chi connectivity index (χ1v) is 5.17. The molecule has 1 nitrogen and oxygen atoms in total. The normalized spacial score (nSPS) is 13.0. The number of hydrogen-bond acceptors (Lipinski definition) is 1. The molecule has 0 heterocycles. The SMILES string of the molecule is CC(N)c1ccccc1CI. The predicted octanol–water partition coefficient (Wildman–Crippen LogP) is 2.64. The van der Waals surface area contributed by atoms with Crippen LogP contribution in [-0.4, -0.2) is 0 Å². The smallest absolute Gasteiger partial charge is 0.0269 e. The molecule has 0 aliphatic heterocycles. The molecule has 0 spiro atoms. The Balaban J connectivity index is 3.02. The molecule has 0 radical (unpaired) electrons. The van der Waals surface area contributed by atoms with Gasteiger partial charge in [0.1, 0.15) is 0 Å². The maximum Gasteiger partial charge on any atom is 0.0269 e. The standard InChI is InChI=1S/C9H12IN/c1-7(11)9-5-3-2-4-8(9)6-10/h2-5,7H,6,11H2,1H3. The number of hydrogen-bond donors (Lipinski definition) is 1. The molecule has 0 saturated heterocycles. The van der Waals surface area contributed by atoms with E-state index in [9.17, 15) is 0 Å². The van der Waals surface area contributed by atoms with Gasteiger partial charge < -0.3 is 5.73 Å². The lowest BCUT2D eigenvalue weighted by atomic mass is 10.0. The molecule has 0 aromatic heterocycles. The van der Waals surface area contributed by atoms with Gasteiger partial charge in [0, 0.05) is 10.5 Å². The third-order valence-electron chi connectivity index (χ3n) is 1.69. The van der Waals surface area contributed by atoms with E-state index in [0.29, 0.717) is 0 Å². The summed E-state index contributed by atoms with van der Waals surface area (Å²) in [5, 5.41) is 0. The second kappa shape index (κ2) is 4.07. The summed E-state index contributed by atoms with van der Waals surface area (Å²) in [7, 11) is 0. The fraction of sp³-hybridized carbons (Fsp3) is 0.333. The average Bonchev–Trinajstić information content (AvgIpc) is 2.04. The summed E-state index contributed by atoms with van der Waals surface area (Å²) < 4.78 is 1.04. The van der Waals surface area contributed by atoms with Gasteiger partial charge in [-0.1, -0.05) is 46.9 Å². The monoisotopic (exact) mass is 261 g/mol. The van der Waals surface area contributed by atoms with Crippen LogP contribution >= 0.6 is 22.6 Å². The van der Waals surface area contributed by atoms with E-state index in [-0.39, 0.29) is 6.04 Å². The quantitative estimate of drug-likeness (QED) is 0.642. The molecular formula is C9H12IN. The summed E-state index contributed by atoms with van der Waals surface area (Å²) >= 11 is 2.36. The number of halogens is 1. The largest absolute Gasteiger partial charge is 0.324 e. The Bertz CT molecular complexity index is 233. The predicted molar refractivity (Wildman–Crippen MR) is 56.8 cm³/mol. The van der Waals surface area contributed by atoms with Gasteiger partial charge in [-0.15, -0.1) is 0 Å². The lowest BCUT2D eigenvalue weighted by molar-refractivity contribution is 0.809. The van der Waals surface area contributed by atoms with Crippen molar-refractivity contribution >= 4 is 22.6 Å². The topological polar surface area (TPSA) is 26.0 Å². The highest BCUT2D eigenvalue weighted by Gasteiger charge is 2.02. The summed E-state index contributed by atoms with van der Waals surface area (Å²) in [6.45, 7) is 2.02. The fourth-order valence-corrected chi connectivity index (χ4v) is 1.79. The second-order valence-electron chi connectivity index (χ2n) is 2.62. The molecule has 1 aromatic rings. The van der Waals surface area contributed by atoms with Crippen LogP contribution in [0.15, 0.2) is 24.3 Å². The molecule has 0 saturated carbocycles. The zero-order valence-electron chi connectivity index (χ0n) is 6.55. The first kappa shape index (κ1) is 9.00. The summed E-state index contributed by atoms with van der Waals surface area (Å²) in [6.07, 6.45) is 0. The van der Waals surface area contributed by atoms with Crippen LogP contribution in [0.1, 0.15) is 24.1 Å². The highest BCUT2D eigenvalue weighted by Crippen LogP contribution is 2.17. The van der Waals surface area contributed by atoms with Crippen LogP contribution in [0.3, 0.4) is 0 Å². The maximum absolute atomic E-state index is 5.79. The van der Waals surface area contributed by atoms with Crippen molar-refractivity contribution in [3.8, 4) is 0 Å². The van der Waals surface area contributed by atoms with Crippen molar-refractivity contribution in [3.05, 3.63) is 35.4 Å². The van der Waals surface area contributed by atoms with Crippen molar-refractivity contribution in [3.63, 3.8) is 0 Å². The van der Waals surface area contributed by atoms with Crippen LogP contribution < -0.4 is 5.73 Å². The molecule has 1 unspecified atom stereocenters. The number of benzene rings is 1. The molecule has 0 aliphatic carbocycles. The lowest BCUT2D eigenvalue weighted by Crippen LogP contribution is -2.07. The molecule has 2 heteroatoms. The van der Waals surface area contributed by atoms with Crippen molar-refractivity contribution in [2.24, 2.45) is 5.73 Å². The summed E-state index contributed by atoms with van der Waals surface area (Å²) in [6, 6.07) is 8.47. The van der Waals surface area contributed by atoms with Crippen LogP contribution in [0.5, 0.6) is 0 Å². The van der Waals surface area contributed by atoms with Crippen LogP contribution in [0, 0.1) is 0 Å². The maximum atomic E-state index is 5.79. The minimum absolute atomic E-state index is 0.154. The van der Waals surface area contributed by atoms with Gasteiger partial charge >= 0.3 is 0 Å². The highest BCUT2D eigenvalue weighted by molar-refractivity contribution is 14.1. The van der Waals surface area contributed by atoms with Gasteiger partial charge in [0.2, 0.25) is 0 Å². The molecule has 11 heavy (non-hydrogen) atoms. The van der Waals surface area contributed by atoms with Crippen LogP contribution in [0.2, 0.25) is 0 Å². The van der Waals surface area contributed by atoms with Gasteiger partial charge in [0.25, 0.3) is 0 Å². The minimum Gasteiger partial charge on any atom is -0.324 e. The highest BCUT2D eigenvalue weighted by atomic mass is 127. The average molecular weight is 261 g/mol. The van der Waals surface area contributed by atoms with E-state index in [1.54, 1.807) is 0 Å². The van der Waals surface area contributed by atoms with Crippen molar-refractivity contribution in [1.82, 2.24) is 0 Å². The number of rotatable bonds is 2. The molecule has 0 amide bonds. The Morgan fingerprint density at radius 3 is 2.55 bits per heavy atom. The van der Waals surface area contributed by atoms with Crippen molar-refractivity contribution < 1.29 is 0 Å². The summed E-state index contributed by atoms with van der Waals surface area (Å²) in [5.41, 5.74) is 8.40. The first-order valence-electron chi connectivity index (χ1n) is 3.65. The minimum atomic E-state index is 0.154. The lowest BCUT2D eigenvalue weighted by Gasteiger charge is -2.09. The molecule has 2 N–H and O–H groups in total. The number of nitrogens with two attached hydrogens (primary N) is 1. The molecule has 1 aromatic carbocycles. The Morgan fingerprint density at radius 1 is 1.45 bits per heavy atom. The van der Waals surface area contributed by atoms with Crippen LogP contribution in [-0.2, 0) is 4.43 Å². The molecule has 0 aliphatic rings. The van der Waals surface area contributed by atoms with Gasteiger partial charge in [0.15, 0.2) is 0 Å². The fourth-order valence-electron chi connectivity index (χ4n) is 1.10. The Kier molecular flexibility index (Phi) is 3.33. The number of alkyl halides is 1. The van der Waals surface area contributed by atoms with E-state index in [1.807, 2.05) is 13.0 Å². The van der Waals surface area contributed by atoms with E-state index in [1.165, 1.54) is 11.1 Å². The zero-order valence-corrected chi connectivity index (χ0v) is 8.71. The third kappa shape index (κ3) is 2.17. The van der Waals surface area contributed by atoms with Gasteiger partial charge in [0.05, 0.1) is 0 Å². The van der Waals surface area contributed by atoms with Gasteiger partial charge in [-0.05, 0) is 18.1 Å². The first-order chi connectivity index (χ1) is 5.25. The van der Waals surface area contributed by atoms with Crippen molar-refractivity contribution in [1.29, 1.82) is 0 Å². The van der Waals surface area contributed by atoms with Gasteiger partial charge in [-0.25, -0.2) is 0 Å².